The average Bonchev–Trinajstić information content (AvgIpc) is 3.35. The molecule has 1 unspecified atom stereocenters. The lowest BCUT2D eigenvalue weighted by atomic mass is 9.74. The van der Waals surface area contributed by atoms with Crippen molar-refractivity contribution < 1.29 is 14.2 Å². The number of ether oxygens (including phenoxy) is 3. The first kappa shape index (κ1) is 22.5. The van der Waals surface area contributed by atoms with Crippen LogP contribution in [0.2, 0.25) is 0 Å². The highest BCUT2D eigenvalue weighted by Gasteiger charge is 2.35. The van der Waals surface area contributed by atoms with E-state index in [-0.39, 0.29) is 5.41 Å². The summed E-state index contributed by atoms with van der Waals surface area (Å²) in [7, 11) is 5.30. The van der Waals surface area contributed by atoms with Gasteiger partial charge in [-0.2, -0.15) is 0 Å². The van der Waals surface area contributed by atoms with Crippen LogP contribution >= 0.6 is 0 Å². The Bertz CT molecular complexity index is 890. The van der Waals surface area contributed by atoms with Crippen LogP contribution in [-0.2, 0) is 10.2 Å². The molecule has 1 N–H and O–H groups in total. The van der Waals surface area contributed by atoms with E-state index in [1.54, 1.807) is 14.2 Å². The summed E-state index contributed by atoms with van der Waals surface area (Å²) in [6.07, 6.45) is 3.13. The van der Waals surface area contributed by atoms with Crippen LogP contribution in [0.1, 0.15) is 36.3 Å². The van der Waals surface area contributed by atoms with Crippen LogP contribution in [0.25, 0.3) is 0 Å². The molecule has 2 aliphatic rings. The second-order valence-corrected chi connectivity index (χ2v) is 8.73. The Morgan fingerprint density at radius 3 is 2.25 bits per heavy atom. The van der Waals surface area contributed by atoms with Crippen LogP contribution in [0.4, 0.5) is 0 Å². The molecule has 6 heteroatoms. The molecule has 0 saturated carbocycles. The molecule has 2 fully saturated rings. The molecule has 2 heterocycles. The van der Waals surface area contributed by atoms with Gasteiger partial charge in [-0.15, -0.1) is 0 Å². The number of hydrogen-bond donors (Lipinski definition) is 1. The minimum atomic E-state index is 0.0373. The standard InChI is InChI=1S/C26H35N3O3/c1-27-25(29-15-12-21(18-29)20-4-8-23(30-2)9-5-20)28-19-26(13-16-32-17-14-26)22-6-10-24(31-3)11-7-22/h4-11,21H,12-19H2,1-3H3,(H,27,28). The lowest BCUT2D eigenvalue weighted by Gasteiger charge is -2.39. The number of nitrogens with one attached hydrogen (secondary N) is 1. The van der Waals surface area contributed by atoms with Gasteiger partial charge in [0.05, 0.1) is 14.2 Å². The fraction of sp³-hybridized carbons (Fsp3) is 0.500. The van der Waals surface area contributed by atoms with Gasteiger partial charge in [0, 0.05) is 51.2 Å². The summed E-state index contributed by atoms with van der Waals surface area (Å²) >= 11 is 0. The average molecular weight is 438 g/mol. The minimum absolute atomic E-state index is 0.0373. The Hall–Kier alpha value is -2.73. The van der Waals surface area contributed by atoms with Gasteiger partial charge in [-0.1, -0.05) is 24.3 Å². The van der Waals surface area contributed by atoms with E-state index >= 15 is 0 Å². The number of rotatable bonds is 6. The first-order valence-electron chi connectivity index (χ1n) is 11.5. The van der Waals surface area contributed by atoms with E-state index in [1.165, 1.54) is 11.1 Å². The van der Waals surface area contributed by atoms with Crippen LogP contribution in [-0.4, -0.2) is 65.0 Å². The highest BCUT2D eigenvalue weighted by Crippen LogP contribution is 2.35. The van der Waals surface area contributed by atoms with Crippen molar-refractivity contribution in [3.05, 3.63) is 59.7 Å². The highest BCUT2D eigenvalue weighted by molar-refractivity contribution is 5.80. The number of nitrogens with zero attached hydrogens (tertiary/aromatic N) is 2. The Morgan fingerprint density at radius 2 is 1.66 bits per heavy atom. The fourth-order valence-electron chi connectivity index (χ4n) is 4.96. The summed E-state index contributed by atoms with van der Waals surface area (Å²) in [6.45, 7) is 4.41. The number of likely N-dealkylation sites (tertiary alicyclic amines) is 1. The zero-order valence-corrected chi connectivity index (χ0v) is 19.5. The van der Waals surface area contributed by atoms with E-state index in [2.05, 4.69) is 63.7 Å². The van der Waals surface area contributed by atoms with Crippen LogP contribution in [0.15, 0.2) is 53.5 Å². The van der Waals surface area contributed by atoms with Crippen LogP contribution in [0.5, 0.6) is 11.5 Å². The molecule has 2 aromatic rings. The van der Waals surface area contributed by atoms with Crippen LogP contribution in [0, 0.1) is 0 Å². The first-order chi connectivity index (χ1) is 15.7. The molecule has 0 spiro atoms. The zero-order chi connectivity index (χ0) is 22.4. The number of methoxy groups -OCH3 is 2. The van der Waals surface area contributed by atoms with Crippen molar-refractivity contribution in [2.75, 3.05) is 54.1 Å². The van der Waals surface area contributed by atoms with Gasteiger partial charge in [0.15, 0.2) is 5.96 Å². The van der Waals surface area contributed by atoms with Gasteiger partial charge in [0.1, 0.15) is 11.5 Å². The first-order valence-corrected chi connectivity index (χ1v) is 11.5. The van der Waals surface area contributed by atoms with Gasteiger partial charge in [0.2, 0.25) is 0 Å². The fourth-order valence-corrected chi connectivity index (χ4v) is 4.96. The van der Waals surface area contributed by atoms with Crippen molar-refractivity contribution in [3.63, 3.8) is 0 Å². The van der Waals surface area contributed by atoms with Crippen LogP contribution < -0.4 is 14.8 Å². The SMILES string of the molecule is CN=C(NCC1(c2ccc(OC)cc2)CCOCC1)N1CCC(c2ccc(OC)cc2)C1. The molecule has 2 aliphatic heterocycles. The molecule has 0 aromatic heterocycles. The number of benzene rings is 2. The van der Waals surface area contributed by atoms with Crippen molar-refractivity contribution in [3.8, 4) is 11.5 Å². The molecule has 0 radical (unpaired) electrons. The predicted molar refractivity (Wildman–Crippen MR) is 128 cm³/mol. The third-order valence-corrected chi connectivity index (χ3v) is 7.02. The molecule has 0 bridgehead atoms. The number of guanidine groups is 1. The van der Waals surface area contributed by atoms with Gasteiger partial charge in [-0.05, 0) is 54.7 Å². The third-order valence-electron chi connectivity index (χ3n) is 7.02. The van der Waals surface area contributed by atoms with Gasteiger partial charge in [-0.3, -0.25) is 4.99 Å². The topological polar surface area (TPSA) is 55.3 Å². The van der Waals surface area contributed by atoms with E-state index < -0.39 is 0 Å². The van der Waals surface area contributed by atoms with Gasteiger partial charge in [-0.25, -0.2) is 0 Å². The molecule has 1 atom stereocenters. The zero-order valence-electron chi connectivity index (χ0n) is 19.5. The number of hydrogen-bond acceptors (Lipinski definition) is 4. The lowest BCUT2D eigenvalue weighted by molar-refractivity contribution is 0.0512. The van der Waals surface area contributed by atoms with Crippen molar-refractivity contribution >= 4 is 5.96 Å². The van der Waals surface area contributed by atoms with Gasteiger partial charge in [0.25, 0.3) is 0 Å². The summed E-state index contributed by atoms with van der Waals surface area (Å²) in [5.41, 5.74) is 2.74. The molecule has 32 heavy (non-hydrogen) atoms. The molecule has 172 valence electrons. The van der Waals surface area contributed by atoms with Crippen molar-refractivity contribution in [1.82, 2.24) is 10.2 Å². The highest BCUT2D eigenvalue weighted by atomic mass is 16.5. The van der Waals surface area contributed by atoms with E-state index in [1.807, 2.05) is 7.05 Å². The van der Waals surface area contributed by atoms with E-state index in [0.717, 1.165) is 69.6 Å². The molecule has 0 aliphatic carbocycles. The summed E-state index contributed by atoms with van der Waals surface area (Å²) in [5.74, 6) is 3.29. The second kappa shape index (κ2) is 10.3. The van der Waals surface area contributed by atoms with E-state index in [9.17, 15) is 0 Å². The summed E-state index contributed by atoms with van der Waals surface area (Å²) < 4.78 is 16.4. The largest absolute Gasteiger partial charge is 0.497 e. The van der Waals surface area contributed by atoms with E-state index in [0.29, 0.717) is 5.92 Å². The third kappa shape index (κ3) is 4.85. The minimum Gasteiger partial charge on any atom is -0.497 e. The Labute approximate surface area is 191 Å². The number of aliphatic imine (C=N–C) groups is 1. The molecule has 4 rings (SSSR count). The Kier molecular flexibility index (Phi) is 7.20. The van der Waals surface area contributed by atoms with Gasteiger partial charge >= 0.3 is 0 Å². The maximum Gasteiger partial charge on any atom is 0.193 e. The summed E-state index contributed by atoms with van der Waals surface area (Å²) in [5, 5.41) is 3.71. The Balaban J connectivity index is 1.43. The quantitative estimate of drug-likeness (QED) is 0.550. The molecule has 2 aromatic carbocycles. The lowest BCUT2D eigenvalue weighted by Crippen LogP contribution is -2.48. The molecular weight excluding hydrogens is 402 g/mol. The molecule has 6 nitrogen and oxygen atoms in total. The normalized spacial score (nSPS) is 20.8. The second-order valence-electron chi connectivity index (χ2n) is 8.73. The molecule has 2 saturated heterocycles. The predicted octanol–water partition coefficient (Wildman–Crippen LogP) is 3.82. The van der Waals surface area contributed by atoms with Crippen LogP contribution in [0.3, 0.4) is 0 Å². The van der Waals surface area contributed by atoms with Crippen molar-refractivity contribution in [1.29, 1.82) is 0 Å². The summed E-state index contributed by atoms with van der Waals surface area (Å²) in [6, 6.07) is 17.0. The smallest absolute Gasteiger partial charge is 0.193 e. The van der Waals surface area contributed by atoms with E-state index in [4.69, 9.17) is 14.2 Å². The molecule has 0 amide bonds. The maximum atomic E-state index is 5.70. The molecular formula is C26H35N3O3. The van der Waals surface area contributed by atoms with Gasteiger partial charge < -0.3 is 24.4 Å². The summed E-state index contributed by atoms with van der Waals surface area (Å²) in [4.78, 5) is 7.01. The monoisotopic (exact) mass is 437 g/mol. The van der Waals surface area contributed by atoms with Crippen molar-refractivity contribution in [2.24, 2.45) is 4.99 Å². The maximum absolute atomic E-state index is 5.70. The van der Waals surface area contributed by atoms with Crippen molar-refractivity contribution in [2.45, 2.75) is 30.6 Å². The Morgan fingerprint density at radius 1 is 1.03 bits per heavy atom.